The maximum absolute atomic E-state index is 4.79. The fraction of sp³-hybridized carbons (Fsp3) is 0.750. The van der Waals surface area contributed by atoms with Crippen molar-refractivity contribution in [1.82, 2.24) is 0 Å². The average molecular weight is 105 g/mol. The van der Waals surface area contributed by atoms with E-state index in [0.29, 0.717) is 6.61 Å². The lowest BCUT2D eigenvalue weighted by Gasteiger charge is -1.89. The highest BCUT2D eigenvalue weighted by atomic mass is 32.2. The van der Waals surface area contributed by atoms with Gasteiger partial charge in [0, 0.05) is 5.75 Å². The summed E-state index contributed by atoms with van der Waals surface area (Å²) in [4.78, 5) is 0. The molecule has 0 bridgehead atoms. The van der Waals surface area contributed by atoms with Crippen LogP contribution >= 0.6 is 12.0 Å². The molecule has 2 heteroatoms. The largest absolute Gasteiger partial charge is 0.315 e. The van der Waals surface area contributed by atoms with Gasteiger partial charge < -0.3 is 4.18 Å². The highest BCUT2D eigenvalue weighted by Crippen LogP contribution is 1.97. The van der Waals surface area contributed by atoms with Gasteiger partial charge in [0.05, 0.1) is 6.61 Å². The van der Waals surface area contributed by atoms with Gasteiger partial charge in [0.25, 0.3) is 0 Å². The summed E-state index contributed by atoms with van der Waals surface area (Å²) in [7, 11) is 0. The molecule has 1 radical (unpaired) electrons. The van der Waals surface area contributed by atoms with E-state index in [9.17, 15) is 0 Å². The normalized spacial score (nSPS) is 9.00. The van der Waals surface area contributed by atoms with E-state index in [4.69, 9.17) is 4.18 Å². The molecule has 0 spiro atoms. The highest BCUT2D eigenvalue weighted by Gasteiger charge is 1.74. The van der Waals surface area contributed by atoms with Crippen molar-refractivity contribution >= 4 is 12.0 Å². The first-order chi connectivity index (χ1) is 2.91. The lowest BCUT2D eigenvalue weighted by Crippen LogP contribution is -1.76. The Hall–Kier alpha value is 0.310. The molecule has 0 fully saturated rings. The third kappa shape index (κ3) is 4.31. The molecule has 0 aromatic carbocycles. The lowest BCUT2D eigenvalue weighted by atomic mass is 10.9. The Morgan fingerprint density at radius 3 is 2.67 bits per heavy atom. The van der Waals surface area contributed by atoms with E-state index < -0.39 is 0 Å². The topological polar surface area (TPSA) is 9.23 Å². The molecule has 0 amide bonds. The molecule has 1 nitrogen and oxygen atoms in total. The molecular weight excluding hydrogens is 96.1 g/mol. The SMILES string of the molecule is [CH2]COSCC. The van der Waals surface area contributed by atoms with Crippen molar-refractivity contribution in [3.63, 3.8) is 0 Å². The van der Waals surface area contributed by atoms with E-state index in [-0.39, 0.29) is 0 Å². The average Bonchev–Trinajstić information content (AvgIpc) is 1.61. The van der Waals surface area contributed by atoms with Gasteiger partial charge in [0.2, 0.25) is 0 Å². The Kier molecular flexibility index (Phi) is 5.58. The van der Waals surface area contributed by atoms with Crippen LogP contribution in [0.3, 0.4) is 0 Å². The predicted molar refractivity (Wildman–Crippen MR) is 29.4 cm³/mol. The highest BCUT2D eigenvalue weighted by molar-refractivity contribution is 7.94. The van der Waals surface area contributed by atoms with Crippen LogP contribution in [0.25, 0.3) is 0 Å². The first kappa shape index (κ1) is 6.31. The van der Waals surface area contributed by atoms with Gasteiger partial charge >= 0.3 is 0 Å². The third-order valence-electron chi connectivity index (χ3n) is 0.285. The zero-order valence-electron chi connectivity index (χ0n) is 3.94. The van der Waals surface area contributed by atoms with Crippen LogP contribution in [0.1, 0.15) is 6.92 Å². The van der Waals surface area contributed by atoms with E-state index in [2.05, 4.69) is 6.92 Å². The van der Waals surface area contributed by atoms with Crippen molar-refractivity contribution in [3.05, 3.63) is 6.92 Å². The second-order valence-corrected chi connectivity index (χ2v) is 1.78. The van der Waals surface area contributed by atoms with E-state index in [0.717, 1.165) is 5.75 Å². The fourth-order valence-corrected chi connectivity index (χ4v) is 0.427. The van der Waals surface area contributed by atoms with Crippen molar-refractivity contribution < 1.29 is 4.18 Å². The van der Waals surface area contributed by atoms with E-state index >= 15 is 0 Å². The summed E-state index contributed by atoms with van der Waals surface area (Å²) in [5.74, 6) is 1.01. The quantitative estimate of drug-likeness (QED) is 0.397. The van der Waals surface area contributed by atoms with Crippen LogP contribution in [0.5, 0.6) is 0 Å². The molecule has 0 unspecified atom stereocenters. The van der Waals surface area contributed by atoms with Gasteiger partial charge in [-0.25, -0.2) is 0 Å². The molecule has 0 aromatic rings. The Morgan fingerprint density at radius 2 is 2.50 bits per heavy atom. The zero-order valence-corrected chi connectivity index (χ0v) is 4.75. The minimum absolute atomic E-state index is 0.568. The van der Waals surface area contributed by atoms with Gasteiger partial charge in [-0.3, -0.25) is 0 Å². The van der Waals surface area contributed by atoms with Gasteiger partial charge in [-0.1, -0.05) is 6.92 Å². The van der Waals surface area contributed by atoms with Gasteiger partial charge in [0.1, 0.15) is 0 Å². The summed E-state index contributed by atoms with van der Waals surface area (Å²) in [6.07, 6.45) is 0. The van der Waals surface area contributed by atoms with Crippen LogP contribution < -0.4 is 0 Å². The van der Waals surface area contributed by atoms with Crippen molar-refractivity contribution in [2.24, 2.45) is 0 Å². The standard InChI is InChI=1S/C4H9OS/c1-3-5-6-4-2/h1,3-4H2,2H3. The van der Waals surface area contributed by atoms with Crippen LogP contribution in [-0.2, 0) is 4.18 Å². The summed E-state index contributed by atoms with van der Waals surface area (Å²) in [6, 6.07) is 0. The number of hydrogen-bond donors (Lipinski definition) is 0. The monoisotopic (exact) mass is 105 g/mol. The summed E-state index contributed by atoms with van der Waals surface area (Å²) < 4.78 is 4.79. The molecule has 0 saturated carbocycles. The first-order valence-corrected chi connectivity index (χ1v) is 2.86. The Bertz CT molecular complexity index is 19.5. The van der Waals surface area contributed by atoms with Gasteiger partial charge in [-0.05, 0) is 19.0 Å². The fourth-order valence-electron chi connectivity index (χ4n) is 0.142. The van der Waals surface area contributed by atoms with Crippen LogP contribution in [0.15, 0.2) is 0 Å². The number of hydrogen-bond acceptors (Lipinski definition) is 2. The minimum atomic E-state index is 0.568. The van der Waals surface area contributed by atoms with Crippen molar-refractivity contribution in [1.29, 1.82) is 0 Å². The van der Waals surface area contributed by atoms with Crippen molar-refractivity contribution in [3.8, 4) is 0 Å². The van der Waals surface area contributed by atoms with Crippen LogP contribution in [0.4, 0.5) is 0 Å². The molecule has 0 aliphatic heterocycles. The molecule has 37 valence electrons. The number of rotatable bonds is 3. The minimum Gasteiger partial charge on any atom is -0.315 e. The first-order valence-electron chi connectivity index (χ1n) is 1.95. The van der Waals surface area contributed by atoms with Gasteiger partial charge in [-0.2, -0.15) is 0 Å². The Balaban J connectivity index is 2.34. The van der Waals surface area contributed by atoms with Gasteiger partial charge in [-0.15, -0.1) is 0 Å². The predicted octanol–water partition coefficient (Wildman–Crippen LogP) is 1.51. The van der Waals surface area contributed by atoms with Crippen LogP contribution in [0, 0.1) is 6.92 Å². The van der Waals surface area contributed by atoms with E-state index in [1.165, 1.54) is 12.0 Å². The zero-order chi connectivity index (χ0) is 4.83. The van der Waals surface area contributed by atoms with E-state index in [1.54, 1.807) is 0 Å². The molecule has 0 atom stereocenters. The van der Waals surface area contributed by atoms with Crippen molar-refractivity contribution in [2.75, 3.05) is 12.4 Å². The lowest BCUT2D eigenvalue weighted by molar-refractivity contribution is 0.427. The molecule has 0 saturated heterocycles. The van der Waals surface area contributed by atoms with Crippen LogP contribution in [0.2, 0.25) is 0 Å². The second kappa shape index (κ2) is 5.31. The molecule has 0 heterocycles. The Morgan fingerprint density at radius 1 is 1.83 bits per heavy atom. The maximum Gasteiger partial charge on any atom is 0.0614 e. The molecule has 0 rings (SSSR count). The van der Waals surface area contributed by atoms with Crippen molar-refractivity contribution in [2.45, 2.75) is 6.92 Å². The molecule has 0 N–H and O–H groups in total. The molecular formula is C4H9OS. The molecule has 0 aliphatic rings. The summed E-state index contributed by atoms with van der Waals surface area (Å²) in [5, 5.41) is 0. The molecule has 0 aromatic heterocycles. The third-order valence-corrected chi connectivity index (χ3v) is 0.854. The summed E-state index contributed by atoms with van der Waals surface area (Å²) in [6.45, 7) is 6.09. The summed E-state index contributed by atoms with van der Waals surface area (Å²) >= 11 is 1.45. The second-order valence-electron chi connectivity index (χ2n) is 0.729. The maximum atomic E-state index is 4.79. The smallest absolute Gasteiger partial charge is 0.0614 e. The summed E-state index contributed by atoms with van der Waals surface area (Å²) in [5.41, 5.74) is 0. The van der Waals surface area contributed by atoms with Gasteiger partial charge in [0.15, 0.2) is 0 Å². The molecule has 6 heavy (non-hydrogen) atoms. The van der Waals surface area contributed by atoms with E-state index in [1.807, 2.05) is 6.92 Å². The van der Waals surface area contributed by atoms with Crippen LogP contribution in [-0.4, -0.2) is 12.4 Å². The molecule has 0 aliphatic carbocycles. The Labute approximate surface area is 43.3 Å².